The first-order valence-corrected chi connectivity index (χ1v) is 13.4. The summed E-state index contributed by atoms with van der Waals surface area (Å²) in [5.74, 6) is 0.215. The minimum Gasteiger partial charge on any atom is -0.465 e. The Morgan fingerprint density at radius 2 is 1.16 bits per heavy atom. The Morgan fingerprint density at radius 3 is 1.65 bits per heavy atom. The summed E-state index contributed by atoms with van der Waals surface area (Å²) in [6.07, 6.45) is 19.1. The van der Waals surface area contributed by atoms with Gasteiger partial charge in [0.25, 0.3) is 0 Å². The molecule has 1 aliphatic carbocycles. The smallest absolute Gasteiger partial charge is 0.308 e. The van der Waals surface area contributed by atoms with Crippen LogP contribution < -0.4 is 0 Å². The molecule has 0 aromatic rings. The van der Waals surface area contributed by atoms with Crippen LogP contribution in [0.15, 0.2) is 0 Å². The number of esters is 2. The minimum atomic E-state index is -0.131. The van der Waals surface area contributed by atoms with Crippen LogP contribution >= 0.6 is 0 Å². The van der Waals surface area contributed by atoms with Crippen molar-refractivity contribution in [3.8, 4) is 0 Å². The van der Waals surface area contributed by atoms with Crippen molar-refractivity contribution in [2.45, 2.75) is 130 Å². The van der Waals surface area contributed by atoms with Crippen LogP contribution in [0.25, 0.3) is 0 Å². The zero-order chi connectivity index (χ0) is 22.7. The minimum absolute atomic E-state index is 0.106. The molecule has 182 valence electrons. The lowest BCUT2D eigenvalue weighted by atomic mass is 9.81. The van der Waals surface area contributed by atoms with Crippen LogP contribution in [0, 0.1) is 17.8 Å². The van der Waals surface area contributed by atoms with Crippen molar-refractivity contribution in [3.05, 3.63) is 0 Å². The van der Waals surface area contributed by atoms with Crippen molar-refractivity contribution in [1.29, 1.82) is 0 Å². The van der Waals surface area contributed by atoms with Gasteiger partial charge in [0, 0.05) is 0 Å². The maximum Gasteiger partial charge on any atom is 0.308 e. The summed E-state index contributed by atoms with van der Waals surface area (Å²) in [5.41, 5.74) is 0. The average Bonchev–Trinajstić information content (AvgIpc) is 2.76. The molecule has 4 nitrogen and oxygen atoms in total. The lowest BCUT2D eigenvalue weighted by molar-refractivity contribution is -0.155. The standard InChI is InChI=1S/C27H50O4/c1-4-5-6-7-8-9-10-11-12-14-20-30-26(28)24-18-16-19-25(22-24)27(29)31-21-15-13-17-23(2)3/h23-25H,4-22H2,1-3H3. The van der Waals surface area contributed by atoms with Crippen LogP contribution in [-0.2, 0) is 19.1 Å². The molecular weight excluding hydrogens is 388 g/mol. The van der Waals surface area contributed by atoms with E-state index in [1.54, 1.807) is 0 Å². The van der Waals surface area contributed by atoms with E-state index in [0.29, 0.717) is 25.6 Å². The summed E-state index contributed by atoms with van der Waals surface area (Å²) in [6, 6.07) is 0. The van der Waals surface area contributed by atoms with E-state index in [1.165, 1.54) is 57.8 Å². The Kier molecular flexibility index (Phi) is 16.7. The van der Waals surface area contributed by atoms with E-state index in [1.807, 2.05) is 0 Å². The summed E-state index contributed by atoms with van der Waals surface area (Å²) in [6.45, 7) is 7.71. The van der Waals surface area contributed by atoms with Gasteiger partial charge in [0.15, 0.2) is 0 Å². The molecule has 2 unspecified atom stereocenters. The molecule has 0 spiro atoms. The highest BCUT2D eigenvalue weighted by Crippen LogP contribution is 2.31. The zero-order valence-electron chi connectivity index (χ0n) is 20.8. The second-order valence-corrected chi connectivity index (χ2v) is 9.97. The molecular formula is C27H50O4. The van der Waals surface area contributed by atoms with Crippen molar-refractivity contribution in [3.63, 3.8) is 0 Å². The number of carbonyl (C=O) groups excluding carboxylic acids is 2. The predicted molar refractivity (Wildman–Crippen MR) is 128 cm³/mol. The average molecular weight is 439 g/mol. The molecule has 4 heteroatoms. The molecule has 0 aromatic heterocycles. The number of unbranched alkanes of at least 4 members (excludes halogenated alkanes) is 10. The summed E-state index contributed by atoms with van der Waals surface area (Å²) >= 11 is 0. The lowest BCUT2D eigenvalue weighted by Crippen LogP contribution is -2.30. The van der Waals surface area contributed by atoms with Crippen LogP contribution in [0.4, 0.5) is 0 Å². The van der Waals surface area contributed by atoms with E-state index in [0.717, 1.165) is 44.9 Å². The number of hydrogen-bond donors (Lipinski definition) is 0. The van der Waals surface area contributed by atoms with E-state index in [9.17, 15) is 9.59 Å². The SMILES string of the molecule is CCCCCCCCCCCCOC(=O)C1CCCC(C(=O)OCCCCC(C)C)C1. The third kappa shape index (κ3) is 14.6. The predicted octanol–water partition coefficient (Wildman–Crippen LogP) is 7.63. The fourth-order valence-corrected chi connectivity index (χ4v) is 4.44. The lowest BCUT2D eigenvalue weighted by Gasteiger charge is -2.26. The number of hydrogen-bond acceptors (Lipinski definition) is 4. The van der Waals surface area contributed by atoms with Crippen LogP contribution in [-0.4, -0.2) is 25.2 Å². The van der Waals surface area contributed by atoms with Crippen molar-refractivity contribution in [1.82, 2.24) is 0 Å². The highest BCUT2D eigenvalue weighted by atomic mass is 16.5. The molecule has 0 aliphatic heterocycles. The van der Waals surface area contributed by atoms with Crippen LogP contribution in [0.1, 0.15) is 130 Å². The molecule has 1 aliphatic rings. The fraction of sp³-hybridized carbons (Fsp3) is 0.926. The van der Waals surface area contributed by atoms with Crippen molar-refractivity contribution < 1.29 is 19.1 Å². The van der Waals surface area contributed by atoms with Crippen LogP contribution in [0.2, 0.25) is 0 Å². The molecule has 0 saturated heterocycles. The first-order chi connectivity index (χ1) is 15.0. The highest BCUT2D eigenvalue weighted by Gasteiger charge is 2.32. The first kappa shape index (κ1) is 28.0. The summed E-state index contributed by atoms with van der Waals surface area (Å²) in [4.78, 5) is 24.8. The number of rotatable bonds is 18. The topological polar surface area (TPSA) is 52.6 Å². The van der Waals surface area contributed by atoms with Gasteiger partial charge in [-0.2, -0.15) is 0 Å². The largest absolute Gasteiger partial charge is 0.465 e. The highest BCUT2D eigenvalue weighted by molar-refractivity contribution is 5.76. The molecule has 2 atom stereocenters. The van der Waals surface area contributed by atoms with E-state index < -0.39 is 0 Å². The fourth-order valence-electron chi connectivity index (χ4n) is 4.44. The third-order valence-corrected chi connectivity index (χ3v) is 6.50. The van der Waals surface area contributed by atoms with Gasteiger partial charge in [-0.3, -0.25) is 9.59 Å². The van der Waals surface area contributed by atoms with Crippen LogP contribution in [0.5, 0.6) is 0 Å². The third-order valence-electron chi connectivity index (χ3n) is 6.50. The molecule has 1 fully saturated rings. The maximum absolute atomic E-state index is 12.4. The van der Waals surface area contributed by atoms with Gasteiger partial charge in [-0.15, -0.1) is 0 Å². The summed E-state index contributed by atoms with van der Waals surface area (Å²) in [5, 5.41) is 0. The Labute approximate surface area is 192 Å². The maximum atomic E-state index is 12.4. The second-order valence-electron chi connectivity index (χ2n) is 9.97. The zero-order valence-corrected chi connectivity index (χ0v) is 20.8. The molecule has 0 N–H and O–H groups in total. The van der Waals surface area contributed by atoms with Gasteiger partial charge in [-0.05, 0) is 44.4 Å². The quantitative estimate of drug-likeness (QED) is 0.163. The Morgan fingerprint density at radius 1 is 0.710 bits per heavy atom. The normalized spacial score (nSPS) is 18.8. The first-order valence-electron chi connectivity index (χ1n) is 13.4. The second kappa shape index (κ2) is 18.5. The van der Waals surface area contributed by atoms with Gasteiger partial charge in [-0.25, -0.2) is 0 Å². The van der Waals surface area contributed by atoms with Gasteiger partial charge >= 0.3 is 11.9 Å². The molecule has 0 bridgehead atoms. The van der Waals surface area contributed by atoms with Crippen LogP contribution in [0.3, 0.4) is 0 Å². The van der Waals surface area contributed by atoms with Gasteiger partial charge < -0.3 is 9.47 Å². The Bertz CT molecular complexity index is 460. The summed E-state index contributed by atoms with van der Waals surface area (Å²) < 4.78 is 11.0. The molecule has 0 aromatic carbocycles. The molecule has 1 saturated carbocycles. The van der Waals surface area contributed by atoms with Crippen molar-refractivity contribution in [2.75, 3.05) is 13.2 Å². The van der Waals surface area contributed by atoms with Crippen molar-refractivity contribution >= 4 is 11.9 Å². The van der Waals surface area contributed by atoms with Gasteiger partial charge in [-0.1, -0.05) is 91.4 Å². The van der Waals surface area contributed by atoms with Crippen molar-refractivity contribution in [2.24, 2.45) is 17.8 Å². The number of carbonyl (C=O) groups is 2. The molecule has 1 rings (SSSR count). The van der Waals surface area contributed by atoms with E-state index >= 15 is 0 Å². The number of ether oxygens (including phenoxy) is 2. The summed E-state index contributed by atoms with van der Waals surface area (Å²) in [7, 11) is 0. The van der Waals surface area contributed by atoms with E-state index in [-0.39, 0.29) is 23.8 Å². The Balaban J connectivity index is 2.06. The molecule has 31 heavy (non-hydrogen) atoms. The molecule has 0 radical (unpaired) electrons. The van der Waals surface area contributed by atoms with E-state index in [2.05, 4.69) is 20.8 Å². The van der Waals surface area contributed by atoms with Gasteiger partial charge in [0.05, 0.1) is 25.0 Å². The monoisotopic (exact) mass is 438 g/mol. The Hall–Kier alpha value is -1.06. The molecule has 0 heterocycles. The molecule has 0 amide bonds. The van der Waals surface area contributed by atoms with Gasteiger partial charge in [0.2, 0.25) is 0 Å². The van der Waals surface area contributed by atoms with Gasteiger partial charge in [0.1, 0.15) is 0 Å². The van der Waals surface area contributed by atoms with E-state index in [4.69, 9.17) is 9.47 Å².